The van der Waals surface area contributed by atoms with E-state index in [9.17, 15) is 14.4 Å². The Kier molecular flexibility index (Phi) is 10.00. The van der Waals surface area contributed by atoms with E-state index in [1.807, 2.05) is 92.4 Å². The Balaban J connectivity index is 0.945. The maximum absolute atomic E-state index is 13.9. The number of hydrogen-bond acceptors (Lipinski definition) is 6. The van der Waals surface area contributed by atoms with E-state index in [-0.39, 0.29) is 23.8 Å². The molecule has 0 aliphatic carbocycles. The van der Waals surface area contributed by atoms with Crippen LogP contribution >= 0.6 is 0 Å². The summed E-state index contributed by atoms with van der Waals surface area (Å²) in [6.07, 6.45) is 3.72. The van der Waals surface area contributed by atoms with Crippen molar-refractivity contribution >= 4 is 17.8 Å². The first kappa shape index (κ1) is 32.3. The van der Waals surface area contributed by atoms with Crippen molar-refractivity contribution in [1.82, 2.24) is 29.5 Å². The molecule has 0 saturated carbocycles. The largest absolute Gasteiger partial charge is 0.378 e. The number of benzene rings is 2. The van der Waals surface area contributed by atoms with E-state index < -0.39 is 0 Å². The Morgan fingerprint density at radius 3 is 1.79 bits per heavy atom. The summed E-state index contributed by atoms with van der Waals surface area (Å²) in [7, 11) is 0. The molecular weight excluding hydrogens is 604 g/mol. The fourth-order valence-electron chi connectivity index (χ4n) is 7.65. The van der Waals surface area contributed by atoms with Crippen LogP contribution in [0.1, 0.15) is 36.0 Å². The van der Waals surface area contributed by atoms with Crippen molar-refractivity contribution in [2.45, 2.75) is 31.7 Å². The van der Waals surface area contributed by atoms with Crippen molar-refractivity contribution in [2.75, 3.05) is 78.7 Å². The van der Waals surface area contributed by atoms with Crippen LogP contribution < -0.4 is 0 Å². The van der Waals surface area contributed by atoms with Crippen LogP contribution in [0.15, 0.2) is 72.8 Å². The lowest BCUT2D eigenvalue weighted by Crippen LogP contribution is -2.57. The molecular formula is C38H46N6O4. The van der Waals surface area contributed by atoms with E-state index in [4.69, 9.17) is 9.72 Å². The quantitative estimate of drug-likeness (QED) is 0.409. The molecule has 4 aliphatic rings. The summed E-state index contributed by atoms with van der Waals surface area (Å²) >= 11 is 0. The number of hydrogen-bond donors (Lipinski definition) is 0. The molecule has 3 aromatic rings. The summed E-state index contributed by atoms with van der Waals surface area (Å²) in [5.74, 6) is 0.264. The van der Waals surface area contributed by atoms with Gasteiger partial charge < -0.3 is 24.3 Å². The Morgan fingerprint density at radius 1 is 0.625 bits per heavy atom. The van der Waals surface area contributed by atoms with Crippen molar-refractivity contribution in [2.24, 2.45) is 5.92 Å². The minimum absolute atomic E-state index is 0.00969. The van der Waals surface area contributed by atoms with Crippen LogP contribution in [-0.2, 0) is 9.53 Å². The van der Waals surface area contributed by atoms with Gasteiger partial charge in [0.05, 0.1) is 30.5 Å². The number of amides is 4. The highest BCUT2D eigenvalue weighted by atomic mass is 16.5. The summed E-state index contributed by atoms with van der Waals surface area (Å²) in [5.41, 5.74) is 4.23. The van der Waals surface area contributed by atoms with E-state index >= 15 is 0 Å². The van der Waals surface area contributed by atoms with E-state index in [2.05, 4.69) is 4.90 Å². The number of likely N-dealkylation sites (tertiary alicyclic amines) is 2. The minimum Gasteiger partial charge on any atom is -0.378 e. The van der Waals surface area contributed by atoms with Gasteiger partial charge in [-0.1, -0.05) is 60.7 Å². The molecule has 10 heteroatoms. The van der Waals surface area contributed by atoms with Crippen LogP contribution in [0.5, 0.6) is 0 Å². The van der Waals surface area contributed by atoms with Gasteiger partial charge in [-0.2, -0.15) is 0 Å². The second-order valence-corrected chi connectivity index (χ2v) is 13.4. The molecule has 2 aromatic carbocycles. The topological polar surface area (TPSA) is 89.5 Å². The molecule has 0 N–H and O–H groups in total. The van der Waals surface area contributed by atoms with E-state index in [1.165, 1.54) is 0 Å². The molecule has 0 unspecified atom stereocenters. The number of piperidine rings is 2. The Labute approximate surface area is 283 Å². The molecule has 48 heavy (non-hydrogen) atoms. The predicted molar refractivity (Wildman–Crippen MR) is 184 cm³/mol. The first-order valence-electron chi connectivity index (χ1n) is 17.6. The Bertz CT molecular complexity index is 1510. The fraction of sp³-hybridized carbons (Fsp3) is 0.474. The Morgan fingerprint density at radius 2 is 1.19 bits per heavy atom. The molecule has 0 radical (unpaired) electrons. The number of carbonyl (C=O) groups is 3. The molecule has 10 nitrogen and oxygen atoms in total. The van der Waals surface area contributed by atoms with Crippen LogP contribution in [0.25, 0.3) is 22.5 Å². The third-order valence-electron chi connectivity index (χ3n) is 10.4. The zero-order chi connectivity index (χ0) is 32.9. The van der Waals surface area contributed by atoms with Crippen LogP contribution in [0, 0.1) is 5.92 Å². The molecule has 0 bridgehead atoms. The van der Waals surface area contributed by atoms with Gasteiger partial charge in [0, 0.05) is 81.6 Å². The van der Waals surface area contributed by atoms with Gasteiger partial charge in [0.1, 0.15) is 0 Å². The molecule has 4 aliphatic heterocycles. The third kappa shape index (κ3) is 7.24. The molecule has 5 heterocycles. The molecule has 0 spiro atoms. The zero-order valence-electron chi connectivity index (χ0n) is 27.7. The van der Waals surface area contributed by atoms with E-state index in [1.54, 1.807) is 0 Å². The highest BCUT2D eigenvalue weighted by Crippen LogP contribution is 2.29. The van der Waals surface area contributed by atoms with Gasteiger partial charge in [0.15, 0.2) is 0 Å². The molecule has 7 rings (SSSR count). The van der Waals surface area contributed by atoms with Crippen LogP contribution in [0.4, 0.5) is 4.79 Å². The summed E-state index contributed by atoms with van der Waals surface area (Å²) in [5, 5.41) is 0. The summed E-state index contributed by atoms with van der Waals surface area (Å²) in [6.45, 7) is 7.98. The van der Waals surface area contributed by atoms with Gasteiger partial charge in [-0.05, 0) is 44.4 Å². The standard InChI is InChI=1S/C38H46N6O4/c45-36(41-18-20-42(21-19-41)38(47)43-22-24-48-25-23-43)31-12-7-15-44(28-31)33-13-16-40(17-14-33)37(46)32-26-34(29-8-3-1-4-9-29)39-35(27-32)30-10-5-2-6-11-30/h1-6,8-11,26-27,31,33H,7,12-25,28H2/t31-/m1/s1. The van der Waals surface area contributed by atoms with Crippen LogP contribution in [0.3, 0.4) is 0 Å². The molecule has 1 atom stereocenters. The van der Waals surface area contributed by atoms with Gasteiger partial charge in [-0.15, -0.1) is 0 Å². The highest BCUT2D eigenvalue weighted by molar-refractivity contribution is 5.96. The van der Waals surface area contributed by atoms with Crippen molar-refractivity contribution in [3.05, 3.63) is 78.4 Å². The van der Waals surface area contributed by atoms with Crippen molar-refractivity contribution < 1.29 is 19.1 Å². The van der Waals surface area contributed by atoms with Crippen molar-refractivity contribution in [1.29, 1.82) is 0 Å². The lowest BCUT2D eigenvalue weighted by Gasteiger charge is -2.44. The van der Waals surface area contributed by atoms with Gasteiger partial charge in [0.25, 0.3) is 5.91 Å². The smallest absolute Gasteiger partial charge is 0.320 e. The molecule has 4 fully saturated rings. The van der Waals surface area contributed by atoms with Crippen LogP contribution in [0.2, 0.25) is 0 Å². The van der Waals surface area contributed by atoms with Crippen molar-refractivity contribution in [3.63, 3.8) is 0 Å². The summed E-state index contributed by atoms with van der Waals surface area (Å²) < 4.78 is 5.39. The second kappa shape index (κ2) is 14.9. The zero-order valence-corrected chi connectivity index (χ0v) is 27.7. The highest BCUT2D eigenvalue weighted by Gasteiger charge is 2.36. The average Bonchev–Trinajstić information content (AvgIpc) is 3.18. The number of ether oxygens (including phenoxy) is 1. The van der Waals surface area contributed by atoms with Gasteiger partial charge in [0.2, 0.25) is 5.91 Å². The van der Waals surface area contributed by atoms with E-state index in [0.29, 0.717) is 77.2 Å². The van der Waals surface area contributed by atoms with Crippen molar-refractivity contribution in [3.8, 4) is 22.5 Å². The molecule has 4 saturated heterocycles. The predicted octanol–water partition coefficient (Wildman–Crippen LogP) is 4.33. The van der Waals surface area contributed by atoms with Gasteiger partial charge in [-0.3, -0.25) is 14.5 Å². The third-order valence-corrected chi connectivity index (χ3v) is 10.4. The number of urea groups is 1. The monoisotopic (exact) mass is 650 g/mol. The molecule has 252 valence electrons. The van der Waals surface area contributed by atoms with Gasteiger partial charge in [-0.25, -0.2) is 9.78 Å². The number of carbonyl (C=O) groups excluding carboxylic acids is 3. The summed E-state index contributed by atoms with van der Waals surface area (Å²) in [4.78, 5) is 55.6. The first-order chi connectivity index (χ1) is 23.5. The molecule has 1 aromatic heterocycles. The normalized spacial score (nSPS) is 21.3. The van der Waals surface area contributed by atoms with Gasteiger partial charge >= 0.3 is 6.03 Å². The number of piperazine rings is 1. The second-order valence-electron chi connectivity index (χ2n) is 13.4. The number of morpholine rings is 1. The average molecular weight is 651 g/mol. The minimum atomic E-state index is -0.00969. The first-order valence-corrected chi connectivity index (χ1v) is 17.6. The number of aromatic nitrogens is 1. The SMILES string of the molecule is O=C(c1cc(-c2ccccc2)nc(-c2ccccc2)c1)N1CCC(N2CCC[C@@H](C(=O)N3CCN(C(=O)N4CCOCC4)CC3)C2)CC1. The lowest BCUT2D eigenvalue weighted by atomic mass is 9.92. The van der Waals surface area contributed by atoms with E-state index in [0.717, 1.165) is 61.3 Å². The fourth-order valence-corrected chi connectivity index (χ4v) is 7.65. The lowest BCUT2D eigenvalue weighted by molar-refractivity contribution is -0.139. The summed E-state index contributed by atoms with van der Waals surface area (Å²) in [6, 6.07) is 24.3. The van der Waals surface area contributed by atoms with Crippen LogP contribution in [-0.4, -0.2) is 132 Å². The maximum atomic E-state index is 13.9. The number of rotatable bonds is 5. The Hall–Kier alpha value is -4.28. The number of pyridine rings is 1. The number of nitrogens with zero attached hydrogens (tertiary/aromatic N) is 6. The molecule has 4 amide bonds. The maximum Gasteiger partial charge on any atom is 0.320 e.